The van der Waals surface area contributed by atoms with Crippen molar-refractivity contribution < 1.29 is 27.8 Å². The van der Waals surface area contributed by atoms with Crippen LogP contribution in [-0.4, -0.2) is 39.1 Å². The molecule has 0 amide bonds. The van der Waals surface area contributed by atoms with Crippen LogP contribution in [0.1, 0.15) is 21.7 Å². The topological polar surface area (TPSA) is 86.4 Å². The summed E-state index contributed by atoms with van der Waals surface area (Å²) in [6.07, 6.45) is -3.50. The fourth-order valence-electron chi connectivity index (χ4n) is 3.18. The molecule has 0 atom stereocenters. The predicted molar refractivity (Wildman–Crippen MR) is 111 cm³/mol. The number of halogens is 5. The quantitative estimate of drug-likeness (QED) is 0.530. The van der Waals surface area contributed by atoms with E-state index in [9.17, 15) is 27.9 Å². The molecule has 0 radical (unpaired) electrons. The minimum Gasteiger partial charge on any atom is -0.477 e. The summed E-state index contributed by atoms with van der Waals surface area (Å²) in [5, 5.41) is 13.6. The zero-order valence-electron chi connectivity index (χ0n) is 16.5. The molecule has 3 rings (SSSR count). The lowest BCUT2D eigenvalue weighted by Crippen LogP contribution is -2.26. The van der Waals surface area contributed by atoms with Gasteiger partial charge in [0.05, 0.1) is 28.9 Å². The number of aromatic nitrogens is 3. The molecule has 2 aromatic heterocycles. The first-order valence-electron chi connectivity index (χ1n) is 9.08. The smallest absolute Gasteiger partial charge is 0.435 e. The van der Waals surface area contributed by atoms with Gasteiger partial charge >= 0.3 is 12.1 Å². The Morgan fingerprint density at radius 3 is 2.47 bits per heavy atom. The number of rotatable bonds is 7. The molecule has 32 heavy (non-hydrogen) atoms. The number of hydrogen-bond acceptors (Lipinski definition) is 4. The van der Waals surface area contributed by atoms with E-state index in [0.29, 0.717) is 5.56 Å². The molecule has 0 saturated heterocycles. The molecule has 12 heteroatoms. The molecule has 0 saturated carbocycles. The molecule has 1 N–H and O–H groups in total. The van der Waals surface area contributed by atoms with Crippen molar-refractivity contribution in [3.05, 3.63) is 73.7 Å². The lowest BCUT2D eigenvalue weighted by Gasteiger charge is -2.21. The van der Waals surface area contributed by atoms with Crippen LogP contribution < -0.4 is 5.43 Å². The second kappa shape index (κ2) is 9.35. The van der Waals surface area contributed by atoms with E-state index < -0.39 is 28.8 Å². The van der Waals surface area contributed by atoms with Crippen molar-refractivity contribution in [2.75, 3.05) is 13.7 Å². The average Bonchev–Trinajstić information content (AvgIpc) is 3.17. The molecule has 2 heterocycles. The number of nitrogens with zero attached hydrogens (tertiary/aromatic N) is 3. The van der Waals surface area contributed by atoms with Crippen molar-refractivity contribution in [1.82, 2.24) is 14.3 Å². The number of carbonyl (C=O) groups is 1. The van der Waals surface area contributed by atoms with E-state index in [1.165, 1.54) is 29.9 Å². The number of methoxy groups -OCH3 is 1. The van der Waals surface area contributed by atoms with Crippen molar-refractivity contribution in [2.45, 2.75) is 19.3 Å². The van der Waals surface area contributed by atoms with E-state index in [-0.39, 0.29) is 41.1 Å². The monoisotopic (exact) mass is 489 g/mol. The van der Waals surface area contributed by atoms with Gasteiger partial charge in [-0.2, -0.15) is 18.3 Å². The number of benzene rings is 1. The third kappa shape index (κ3) is 4.98. The van der Waals surface area contributed by atoms with Crippen molar-refractivity contribution in [3.8, 4) is 11.3 Å². The highest BCUT2D eigenvalue weighted by molar-refractivity contribution is 6.42. The van der Waals surface area contributed by atoms with Crippen molar-refractivity contribution >= 4 is 29.2 Å². The van der Waals surface area contributed by atoms with Gasteiger partial charge in [-0.25, -0.2) is 4.79 Å². The lowest BCUT2D eigenvalue weighted by atomic mass is 10.0. The first-order chi connectivity index (χ1) is 15.0. The third-order valence-corrected chi connectivity index (χ3v) is 5.32. The maximum absolute atomic E-state index is 12.9. The minimum absolute atomic E-state index is 0.0267. The standard InChI is InChI=1S/C20H16Cl2F3N3O4/c1-32-7-6-28-12(10-27-5-4-16(26-27)20(23,24)25)9-15(29)17(19(30)31)18(28)11-2-3-13(21)14(22)8-11/h2-5,8-9H,6-7,10H2,1H3,(H,30,31). The van der Waals surface area contributed by atoms with Crippen LogP contribution in [0.4, 0.5) is 13.2 Å². The summed E-state index contributed by atoms with van der Waals surface area (Å²) in [6, 6.07) is 6.23. The first-order valence-corrected chi connectivity index (χ1v) is 9.83. The van der Waals surface area contributed by atoms with Gasteiger partial charge in [0.15, 0.2) is 11.1 Å². The van der Waals surface area contributed by atoms with E-state index in [4.69, 9.17) is 27.9 Å². The third-order valence-electron chi connectivity index (χ3n) is 4.58. The number of hydrogen-bond donors (Lipinski definition) is 1. The molecular formula is C20H16Cl2F3N3O4. The van der Waals surface area contributed by atoms with E-state index >= 15 is 0 Å². The maximum atomic E-state index is 12.9. The molecule has 0 bridgehead atoms. The van der Waals surface area contributed by atoms with Crippen LogP contribution in [0.3, 0.4) is 0 Å². The summed E-state index contributed by atoms with van der Waals surface area (Å²) in [6.45, 7) is 0.0226. The number of alkyl halides is 3. The highest BCUT2D eigenvalue weighted by Crippen LogP contribution is 2.31. The molecule has 3 aromatic rings. The Morgan fingerprint density at radius 2 is 1.91 bits per heavy atom. The van der Waals surface area contributed by atoms with Crippen molar-refractivity contribution in [2.24, 2.45) is 0 Å². The second-order valence-corrected chi connectivity index (χ2v) is 7.51. The molecular weight excluding hydrogens is 474 g/mol. The lowest BCUT2D eigenvalue weighted by molar-refractivity contribution is -0.141. The molecule has 7 nitrogen and oxygen atoms in total. The normalized spacial score (nSPS) is 11.7. The van der Waals surface area contributed by atoms with Crippen molar-refractivity contribution in [1.29, 1.82) is 0 Å². The minimum atomic E-state index is -4.63. The number of aromatic carboxylic acids is 1. The Bertz CT molecular complexity index is 1220. The average molecular weight is 490 g/mol. The molecule has 1 aromatic carbocycles. The molecule has 170 valence electrons. The van der Waals surface area contributed by atoms with Gasteiger partial charge in [-0.1, -0.05) is 29.3 Å². The van der Waals surface area contributed by atoms with Gasteiger partial charge in [-0.05, 0) is 18.2 Å². The summed E-state index contributed by atoms with van der Waals surface area (Å²) in [5.74, 6) is -1.47. The Kier molecular flexibility index (Phi) is 6.97. The summed E-state index contributed by atoms with van der Waals surface area (Å²) in [4.78, 5) is 24.6. The highest BCUT2D eigenvalue weighted by atomic mass is 35.5. The molecule has 0 aliphatic rings. The summed E-state index contributed by atoms with van der Waals surface area (Å²) in [5.41, 5.74) is -1.86. The fourth-order valence-corrected chi connectivity index (χ4v) is 3.48. The molecule has 0 aliphatic carbocycles. The van der Waals surface area contributed by atoms with Crippen LogP contribution in [0, 0.1) is 0 Å². The summed E-state index contributed by atoms with van der Waals surface area (Å²) >= 11 is 12.1. The number of pyridine rings is 1. The van der Waals surface area contributed by atoms with Gasteiger partial charge in [-0.3, -0.25) is 9.48 Å². The van der Waals surface area contributed by atoms with Crippen molar-refractivity contribution in [3.63, 3.8) is 0 Å². The van der Waals surface area contributed by atoms with Crippen LogP contribution in [0.15, 0.2) is 41.3 Å². The number of carboxylic acids is 1. The Balaban J connectivity index is 2.24. The van der Waals surface area contributed by atoms with Gasteiger partial charge < -0.3 is 14.4 Å². The summed E-state index contributed by atoms with van der Waals surface area (Å²) < 4.78 is 46.3. The molecule has 0 spiro atoms. The van der Waals surface area contributed by atoms with Crippen LogP contribution in [0.2, 0.25) is 10.0 Å². The van der Waals surface area contributed by atoms with Gasteiger partial charge in [0.1, 0.15) is 5.56 Å². The summed E-state index contributed by atoms with van der Waals surface area (Å²) in [7, 11) is 1.43. The van der Waals surface area contributed by atoms with E-state index in [1.54, 1.807) is 0 Å². The molecule has 0 fully saturated rings. The Morgan fingerprint density at radius 1 is 1.19 bits per heavy atom. The van der Waals surface area contributed by atoms with Crippen LogP contribution in [0.5, 0.6) is 0 Å². The Hall–Kier alpha value is -2.82. The predicted octanol–water partition coefficient (Wildman–Crippen LogP) is 4.43. The molecule has 0 unspecified atom stereocenters. The zero-order valence-corrected chi connectivity index (χ0v) is 18.0. The van der Waals surface area contributed by atoms with Crippen LogP contribution in [-0.2, 0) is 24.0 Å². The van der Waals surface area contributed by atoms with Crippen LogP contribution >= 0.6 is 23.2 Å². The highest BCUT2D eigenvalue weighted by Gasteiger charge is 2.33. The van der Waals surface area contributed by atoms with E-state index in [0.717, 1.165) is 23.0 Å². The van der Waals surface area contributed by atoms with Gasteiger partial charge in [0, 0.05) is 37.2 Å². The van der Waals surface area contributed by atoms with E-state index in [2.05, 4.69) is 5.10 Å². The number of carboxylic acid groups (broad SMARTS) is 1. The van der Waals surface area contributed by atoms with Crippen LogP contribution in [0.25, 0.3) is 11.3 Å². The largest absolute Gasteiger partial charge is 0.477 e. The maximum Gasteiger partial charge on any atom is 0.435 e. The SMILES string of the molecule is COCCn1c(Cn2ccc(C(F)(F)F)n2)cc(=O)c(C(=O)O)c1-c1ccc(Cl)c(Cl)c1. The first kappa shape index (κ1) is 23.8. The molecule has 0 aliphatic heterocycles. The van der Waals surface area contributed by atoms with E-state index in [1.807, 2.05) is 0 Å². The van der Waals surface area contributed by atoms with Gasteiger partial charge in [0.25, 0.3) is 0 Å². The number of ether oxygens (including phenoxy) is 1. The van der Waals surface area contributed by atoms with Gasteiger partial charge in [0.2, 0.25) is 0 Å². The zero-order chi connectivity index (χ0) is 23.6. The second-order valence-electron chi connectivity index (χ2n) is 6.70. The Labute approximate surface area is 189 Å². The van der Waals surface area contributed by atoms with Gasteiger partial charge in [-0.15, -0.1) is 0 Å². The fraction of sp³-hybridized carbons (Fsp3) is 0.250.